The van der Waals surface area contributed by atoms with Crippen molar-refractivity contribution in [3.63, 3.8) is 0 Å². The van der Waals surface area contributed by atoms with Gasteiger partial charge < -0.3 is 23.4 Å². The average Bonchev–Trinajstić information content (AvgIpc) is 3.48. The van der Waals surface area contributed by atoms with Crippen molar-refractivity contribution in [3.05, 3.63) is 121 Å². The summed E-state index contributed by atoms with van der Waals surface area (Å²) in [7, 11) is -6.05. The van der Waals surface area contributed by atoms with Crippen LogP contribution in [0.3, 0.4) is 0 Å². The summed E-state index contributed by atoms with van der Waals surface area (Å²) in [4.78, 5) is 0. The molecule has 45 heavy (non-hydrogen) atoms. The molecule has 4 aromatic rings. The van der Waals surface area contributed by atoms with Crippen LogP contribution >= 0.6 is 0 Å². The summed E-state index contributed by atoms with van der Waals surface area (Å²) in [5, 5.41) is 16.5. The third-order valence-electron chi connectivity index (χ3n) is 9.50. The van der Waals surface area contributed by atoms with Crippen LogP contribution in [0.15, 0.2) is 121 Å². The molecule has 7 heteroatoms. The molecule has 2 fully saturated rings. The van der Waals surface area contributed by atoms with E-state index in [9.17, 15) is 5.11 Å². The molecule has 5 nitrogen and oxygen atoms in total. The number of aliphatic hydroxyl groups excluding tert-OH is 1. The van der Waals surface area contributed by atoms with Crippen LogP contribution in [0.25, 0.3) is 0 Å². The van der Waals surface area contributed by atoms with Gasteiger partial charge in [-0.25, -0.2) is 0 Å². The van der Waals surface area contributed by atoms with Gasteiger partial charge in [-0.05, 0) is 30.8 Å². The largest absolute Gasteiger partial charge is 0.399 e. The van der Waals surface area contributed by atoms with Gasteiger partial charge in [-0.15, -0.1) is 0 Å². The van der Waals surface area contributed by atoms with Gasteiger partial charge in [-0.1, -0.05) is 163 Å². The van der Waals surface area contributed by atoms with E-state index < -0.39 is 47.3 Å². The zero-order valence-corrected chi connectivity index (χ0v) is 29.2. The van der Waals surface area contributed by atoms with Crippen LogP contribution in [-0.2, 0) is 18.3 Å². The summed E-state index contributed by atoms with van der Waals surface area (Å²) in [6.07, 6.45) is -3.48. The first-order chi connectivity index (χ1) is 21.5. The minimum absolute atomic E-state index is 0.264. The fraction of sp³-hybridized carbons (Fsp3) is 0.368. The van der Waals surface area contributed by atoms with Crippen LogP contribution in [0, 0.1) is 0 Å². The first-order valence-electron chi connectivity index (χ1n) is 16.0. The Morgan fingerprint density at radius 1 is 0.556 bits per heavy atom. The summed E-state index contributed by atoms with van der Waals surface area (Å²) in [6.45, 7) is 13.8. The smallest absolute Gasteiger partial charge is 0.261 e. The topological polar surface area (TPSA) is 57.2 Å². The van der Waals surface area contributed by atoms with Crippen LogP contribution < -0.4 is 20.7 Å². The van der Waals surface area contributed by atoms with E-state index in [-0.39, 0.29) is 10.1 Å². The molecule has 2 heterocycles. The molecule has 2 bridgehead atoms. The highest BCUT2D eigenvalue weighted by Crippen LogP contribution is 2.44. The normalized spacial score (nSPS) is 24.0. The molecule has 1 N–H and O–H groups in total. The predicted molar refractivity (Wildman–Crippen MR) is 186 cm³/mol. The standard InChI is InChI=1S/C38H46O5Si2/c1-37(2,3)44(28-19-11-7-12-20-28,29-21-13-8-14-22-29)42-34-32-27-40-36(41-32)35(33(34)39)43-45(38(4,5)6,30-23-15-9-16-24-30)31-25-17-10-18-26-31/h7-26,32-36,39H,27H2,1-6H3/t32-,33+,34-,35-,36-/m1/s1. The summed E-state index contributed by atoms with van der Waals surface area (Å²) in [5.74, 6) is 0. The van der Waals surface area contributed by atoms with Crippen molar-refractivity contribution in [2.45, 2.75) is 82.3 Å². The summed E-state index contributed by atoms with van der Waals surface area (Å²) >= 11 is 0. The van der Waals surface area contributed by atoms with Crippen LogP contribution in [0.2, 0.25) is 10.1 Å². The van der Waals surface area contributed by atoms with E-state index in [1.165, 1.54) is 0 Å². The summed E-state index contributed by atoms with van der Waals surface area (Å²) < 4.78 is 27.8. The Kier molecular flexibility index (Phi) is 8.82. The maximum atomic E-state index is 12.5. The molecule has 236 valence electrons. The third-order valence-corrected chi connectivity index (χ3v) is 19.6. The molecule has 2 aliphatic heterocycles. The van der Waals surface area contributed by atoms with E-state index in [2.05, 4.69) is 139 Å². The molecular formula is C38H46O5Si2. The van der Waals surface area contributed by atoms with Crippen LogP contribution in [0.1, 0.15) is 41.5 Å². The molecule has 0 unspecified atom stereocenters. The van der Waals surface area contributed by atoms with Crippen molar-refractivity contribution >= 4 is 37.4 Å². The number of benzene rings is 4. The van der Waals surface area contributed by atoms with E-state index in [1.54, 1.807) is 0 Å². The predicted octanol–water partition coefficient (Wildman–Crippen LogP) is 4.99. The lowest BCUT2D eigenvalue weighted by Gasteiger charge is -2.51. The molecule has 4 aromatic carbocycles. The Morgan fingerprint density at radius 3 is 1.22 bits per heavy atom. The van der Waals surface area contributed by atoms with Gasteiger partial charge in [0.15, 0.2) is 6.29 Å². The van der Waals surface area contributed by atoms with E-state index >= 15 is 0 Å². The van der Waals surface area contributed by atoms with Gasteiger partial charge in [0.1, 0.15) is 24.4 Å². The molecule has 0 spiro atoms. The zero-order valence-electron chi connectivity index (χ0n) is 27.2. The number of aliphatic hydroxyl groups is 1. The Morgan fingerprint density at radius 2 is 0.889 bits per heavy atom. The number of hydrogen-bond donors (Lipinski definition) is 1. The van der Waals surface area contributed by atoms with E-state index in [0.29, 0.717) is 6.61 Å². The van der Waals surface area contributed by atoms with Crippen LogP contribution in [0.5, 0.6) is 0 Å². The Balaban J connectivity index is 1.47. The van der Waals surface area contributed by atoms with Crippen molar-refractivity contribution in [1.29, 1.82) is 0 Å². The molecule has 0 radical (unpaired) electrons. The quantitative estimate of drug-likeness (QED) is 0.276. The molecule has 0 amide bonds. The number of hydrogen-bond acceptors (Lipinski definition) is 5. The maximum Gasteiger partial charge on any atom is 0.261 e. The lowest BCUT2D eigenvalue weighted by molar-refractivity contribution is -0.219. The molecule has 0 saturated carbocycles. The van der Waals surface area contributed by atoms with Crippen molar-refractivity contribution in [2.75, 3.05) is 6.61 Å². The lowest BCUT2D eigenvalue weighted by Crippen LogP contribution is -2.73. The Labute approximate surface area is 270 Å². The average molecular weight is 639 g/mol. The summed E-state index contributed by atoms with van der Waals surface area (Å²) in [5.41, 5.74) is 0. The van der Waals surface area contributed by atoms with Gasteiger partial charge >= 0.3 is 0 Å². The molecule has 6 rings (SSSR count). The van der Waals surface area contributed by atoms with Crippen LogP contribution in [-0.4, -0.2) is 59.1 Å². The molecule has 5 atom stereocenters. The Bertz CT molecular complexity index is 1340. The summed E-state index contributed by atoms with van der Waals surface area (Å²) in [6, 6.07) is 42.1. The minimum atomic E-state index is -3.04. The maximum absolute atomic E-state index is 12.5. The minimum Gasteiger partial charge on any atom is -0.399 e. The van der Waals surface area contributed by atoms with E-state index in [0.717, 1.165) is 20.7 Å². The first kappa shape index (κ1) is 32.1. The van der Waals surface area contributed by atoms with Gasteiger partial charge in [-0.2, -0.15) is 0 Å². The van der Waals surface area contributed by atoms with Crippen LogP contribution in [0.4, 0.5) is 0 Å². The second kappa shape index (κ2) is 12.4. The fourth-order valence-electron chi connectivity index (χ4n) is 7.41. The fourth-order valence-corrected chi connectivity index (χ4v) is 16.8. The van der Waals surface area contributed by atoms with E-state index in [1.807, 2.05) is 24.3 Å². The first-order valence-corrected chi connectivity index (χ1v) is 19.8. The third kappa shape index (κ3) is 5.59. The Hall–Kier alpha value is -2.89. The number of fused-ring (bicyclic) bond motifs is 2. The second-order valence-corrected chi connectivity index (χ2v) is 22.9. The van der Waals surface area contributed by atoms with Gasteiger partial charge in [0.25, 0.3) is 16.6 Å². The van der Waals surface area contributed by atoms with Crippen molar-refractivity contribution in [3.8, 4) is 0 Å². The zero-order chi connectivity index (χ0) is 31.9. The second-order valence-electron chi connectivity index (χ2n) is 14.4. The van der Waals surface area contributed by atoms with Gasteiger partial charge in [-0.3, -0.25) is 0 Å². The molecule has 0 aliphatic carbocycles. The van der Waals surface area contributed by atoms with Gasteiger partial charge in [0, 0.05) is 0 Å². The highest BCUT2D eigenvalue weighted by molar-refractivity contribution is 7.00. The van der Waals surface area contributed by atoms with Crippen molar-refractivity contribution in [1.82, 2.24) is 0 Å². The van der Waals surface area contributed by atoms with E-state index in [4.69, 9.17) is 18.3 Å². The van der Waals surface area contributed by atoms with Crippen molar-refractivity contribution < 1.29 is 23.4 Å². The van der Waals surface area contributed by atoms with Gasteiger partial charge in [0.05, 0.1) is 6.61 Å². The monoisotopic (exact) mass is 638 g/mol. The highest BCUT2D eigenvalue weighted by atomic mass is 28.4. The molecule has 2 aliphatic rings. The van der Waals surface area contributed by atoms with Gasteiger partial charge in [0.2, 0.25) is 0 Å². The molecular weight excluding hydrogens is 593 g/mol. The SMILES string of the molecule is CC(C)(C)[Si](O[C@H]1[C@@H]2OC[C@@H](O2)[C@@H](O[Si](c2ccccc2)(c2ccccc2)C(C)(C)C)[C@@H]1O)(c1ccccc1)c1ccccc1. The molecule has 0 aromatic heterocycles. The number of ether oxygens (including phenoxy) is 2. The molecule has 2 saturated heterocycles. The lowest BCUT2D eigenvalue weighted by atomic mass is 10.0. The highest BCUT2D eigenvalue weighted by Gasteiger charge is 2.61. The number of rotatable bonds is 8. The van der Waals surface area contributed by atoms with Crippen molar-refractivity contribution in [2.24, 2.45) is 0 Å².